The normalized spacial score (nSPS) is 39.9. The Morgan fingerprint density at radius 1 is 1.11 bits per heavy atom. The van der Waals surface area contributed by atoms with E-state index in [9.17, 15) is 4.79 Å². The van der Waals surface area contributed by atoms with E-state index in [1.165, 1.54) is 25.7 Å². The number of hydrogen-bond donors (Lipinski definition) is 1. The van der Waals surface area contributed by atoms with Gasteiger partial charge in [0.25, 0.3) is 0 Å². The maximum atomic E-state index is 12.7. The molecule has 0 heterocycles. The fourth-order valence-electron chi connectivity index (χ4n) is 4.18. The van der Waals surface area contributed by atoms with Crippen molar-refractivity contribution in [2.24, 2.45) is 23.5 Å². The Morgan fingerprint density at radius 3 is 2.42 bits per heavy atom. The predicted molar refractivity (Wildman–Crippen MR) is 78.7 cm³/mol. The minimum Gasteiger partial charge on any atom is -0.342 e. The van der Waals surface area contributed by atoms with Gasteiger partial charge < -0.3 is 10.6 Å². The van der Waals surface area contributed by atoms with Crippen molar-refractivity contribution in [3.05, 3.63) is 0 Å². The van der Waals surface area contributed by atoms with E-state index in [-0.39, 0.29) is 12.0 Å². The molecular formula is C16H30N2O. The highest BCUT2D eigenvalue weighted by atomic mass is 16.2. The quantitative estimate of drug-likeness (QED) is 0.835. The fraction of sp³-hybridized carbons (Fsp3) is 0.938. The van der Waals surface area contributed by atoms with Gasteiger partial charge in [-0.3, -0.25) is 4.79 Å². The summed E-state index contributed by atoms with van der Waals surface area (Å²) in [5.74, 6) is 1.76. The van der Waals surface area contributed by atoms with Crippen LogP contribution in [-0.2, 0) is 4.79 Å². The molecule has 2 fully saturated rings. The second-order valence-electron chi connectivity index (χ2n) is 7.05. The Bertz CT molecular complexity index is 308. The van der Waals surface area contributed by atoms with Crippen molar-refractivity contribution < 1.29 is 4.79 Å². The standard InChI is InChI=1S/C16H30N2O/c1-11-8-13(10-14(17)9-11)16(19)18(3)15-7-5-4-6-12(15)2/h11-15H,4-10,17H2,1-3H3. The highest BCUT2D eigenvalue weighted by Gasteiger charge is 2.35. The van der Waals surface area contributed by atoms with Crippen LogP contribution in [0.4, 0.5) is 0 Å². The predicted octanol–water partition coefficient (Wildman–Crippen LogP) is 2.79. The first-order valence-electron chi connectivity index (χ1n) is 8.01. The van der Waals surface area contributed by atoms with Crippen molar-refractivity contribution in [1.29, 1.82) is 0 Å². The van der Waals surface area contributed by atoms with Gasteiger partial charge in [-0.1, -0.05) is 26.7 Å². The van der Waals surface area contributed by atoms with Gasteiger partial charge in [-0.05, 0) is 43.9 Å². The van der Waals surface area contributed by atoms with Gasteiger partial charge in [0.15, 0.2) is 0 Å². The maximum absolute atomic E-state index is 12.7. The molecule has 110 valence electrons. The number of nitrogens with zero attached hydrogens (tertiary/aromatic N) is 1. The van der Waals surface area contributed by atoms with Crippen LogP contribution in [0.15, 0.2) is 0 Å². The molecule has 19 heavy (non-hydrogen) atoms. The minimum atomic E-state index is 0.165. The van der Waals surface area contributed by atoms with Crippen LogP contribution in [0.2, 0.25) is 0 Å². The zero-order valence-electron chi connectivity index (χ0n) is 12.8. The molecule has 0 saturated heterocycles. The molecule has 0 aliphatic heterocycles. The summed E-state index contributed by atoms with van der Waals surface area (Å²) >= 11 is 0. The molecule has 5 atom stereocenters. The Balaban J connectivity index is 1.97. The van der Waals surface area contributed by atoms with Crippen molar-refractivity contribution in [3.8, 4) is 0 Å². The molecule has 2 aliphatic carbocycles. The summed E-state index contributed by atoms with van der Waals surface area (Å²) in [6.07, 6.45) is 8.03. The van der Waals surface area contributed by atoms with Gasteiger partial charge in [0.2, 0.25) is 5.91 Å². The first-order chi connectivity index (χ1) is 8.99. The van der Waals surface area contributed by atoms with Crippen LogP contribution >= 0.6 is 0 Å². The van der Waals surface area contributed by atoms with Crippen LogP contribution in [0.25, 0.3) is 0 Å². The van der Waals surface area contributed by atoms with Crippen molar-refractivity contribution in [2.45, 2.75) is 70.9 Å². The third-order valence-corrected chi connectivity index (χ3v) is 5.24. The molecule has 1 amide bonds. The van der Waals surface area contributed by atoms with Crippen molar-refractivity contribution in [2.75, 3.05) is 7.05 Å². The highest BCUT2D eigenvalue weighted by molar-refractivity contribution is 5.79. The Morgan fingerprint density at radius 2 is 1.79 bits per heavy atom. The summed E-state index contributed by atoms with van der Waals surface area (Å²) in [4.78, 5) is 14.8. The zero-order chi connectivity index (χ0) is 14.0. The molecule has 0 aromatic carbocycles. The lowest BCUT2D eigenvalue weighted by Crippen LogP contribution is -2.47. The molecule has 5 unspecified atom stereocenters. The monoisotopic (exact) mass is 266 g/mol. The van der Waals surface area contributed by atoms with Gasteiger partial charge in [0.05, 0.1) is 0 Å². The first-order valence-corrected chi connectivity index (χ1v) is 8.01. The summed E-state index contributed by atoms with van der Waals surface area (Å²) in [6.45, 7) is 4.52. The topological polar surface area (TPSA) is 46.3 Å². The number of rotatable bonds is 2. The third kappa shape index (κ3) is 3.50. The van der Waals surface area contributed by atoms with Gasteiger partial charge in [-0.25, -0.2) is 0 Å². The molecule has 0 bridgehead atoms. The van der Waals surface area contributed by atoms with Gasteiger partial charge in [0, 0.05) is 25.0 Å². The lowest BCUT2D eigenvalue weighted by molar-refractivity contribution is -0.139. The fourth-order valence-corrected chi connectivity index (χ4v) is 4.18. The Hall–Kier alpha value is -0.570. The summed E-state index contributed by atoms with van der Waals surface area (Å²) in [7, 11) is 2.01. The molecule has 0 spiro atoms. The molecule has 0 aromatic rings. The molecular weight excluding hydrogens is 236 g/mol. The lowest BCUT2D eigenvalue weighted by atomic mass is 9.78. The lowest BCUT2D eigenvalue weighted by Gasteiger charge is -2.40. The second kappa shape index (κ2) is 6.25. The second-order valence-corrected chi connectivity index (χ2v) is 7.05. The van der Waals surface area contributed by atoms with Crippen molar-refractivity contribution >= 4 is 5.91 Å². The van der Waals surface area contributed by atoms with Gasteiger partial charge in [0.1, 0.15) is 0 Å². The number of nitrogens with two attached hydrogens (primary N) is 1. The van der Waals surface area contributed by atoms with Gasteiger partial charge in [-0.15, -0.1) is 0 Å². The molecule has 0 radical (unpaired) electrons. The maximum Gasteiger partial charge on any atom is 0.225 e. The molecule has 3 heteroatoms. The van der Waals surface area contributed by atoms with Crippen LogP contribution < -0.4 is 5.73 Å². The van der Waals surface area contributed by atoms with Gasteiger partial charge in [-0.2, -0.15) is 0 Å². The van der Waals surface area contributed by atoms with E-state index in [0.717, 1.165) is 19.3 Å². The van der Waals surface area contributed by atoms with E-state index >= 15 is 0 Å². The van der Waals surface area contributed by atoms with Crippen LogP contribution in [-0.4, -0.2) is 29.9 Å². The molecule has 2 aliphatic rings. The summed E-state index contributed by atoms with van der Waals surface area (Å²) in [5.41, 5.74) is 6.09. The molecule has 2 N–H and O–H groups in total. The summed E-state index contributed by atoms with van der Waals surface area (Å²) in [5, 5.41) is 0. The largest absolute Gasteiger partial charge is 0.342 e. The smallest absolute Gasteiger partial charge is 0.225 e. The van der Waals surface area contributed by atoms with Crippen LogP contribution in [0, 0.1) is 17.8 Å². The average molecular weight is 266 g/mol. The Labute approximate surface area is 117 Å². The van der Waals surface area contributed by atoms with Crippen LogP contribution in [0.5, 0.6) is 0 Å². The van der Waals surface area contributed by atoms with Crippen LogP contribution in [0.1, 0.15) is 58.8 Å². The zero-order valence-corrected chi connectivity index (χ0v) is 12.8. The van der Waals surface area contributed by atoms with E-state index in [1.54, 1.807) is 0 Å². The number of amides is 1. The van der Waals surface area contributed by atoms with Crippen molar-refractivity contribution in [3.63, 3.8) is 0 Å². The minimum absolute atomic E-state index is 0.165. The summed E-state index contributed by atoms with van der Waals surface area (Å²) in [6, 6.07) is 0.671. The number of carbonyl (C=O) groups excluding carboxylic acids is 1. The number of carbonyl (C=O) groups is 1. The number of hydrogen-bond acceptors (Lipinski definition) is 2. The molecule has 2 saturated carbocycles. The summed E-state index contributed by atoms with van der Waals surface area (Å²) < 4.78 is 0. The average Bonchev–Trinajstić information content (AvgIpc) is 2.36. The SMILES string of the molecule is CC1CC(N)CC(C(=O)N(C)C2CCCCC2C)C1. The molecule has 0 aromatic heterocycles. The van der Waals surface area contributed by atoms with Gasteiger partial charge >= 0.3 is 0 Å². The van der Waals surface area contributed by atoms with Crippen LogP contribution in [0.3, 0.4) is 0 Å². The first kappa shape index (κ1) is 14.8. The van der Waals surface area contributed by atoms with E-state index in [0.29, 0.717) is 23.8 Å². The third-order valence-electron chi connectivity index (χ3n) is 5.24. The van der Waals surface area contributed by atoms with Crippen molar-refractivity contribution in [1.82, 2.24) is 4.90 Å². The molecule has 3 nitrogen and oxygen atoms in total. The van der Waals surface area contributed by atoms with E-state index in [1.807, 2.05) is 7.05 Å². The van der Waals surface area contributed by atoms with E-state index in [4.69, 9.17) is 5.73 Å². The Kier molecular flexibility index (Phi) is 4.88. The molecule has 2 rings (SSSR count). The van der Waals surface area contributed by atoms with E-state index in [2.05, 4.69) is 18.7 Å². The van der Waals surface area contributed by atoms with E-state index < -0.39 is 0 Å². The highest BCUT2D eigenvalue weighted by Crippen LogP contribution is 2.32.